The summed E-state index contributed by atoms with van der Waals surface area (Å²) in [6, 6.07) is 0. The average molecular weight is 355 g/mol. The molecular weight excluding hydrogens is 339 g/mol. The van der Waals surface area contributed by atoms with Crippen molar-refractivity contribution in [3.63, 3.8) is 0 Å². The molecule has 18 heavy (non-hydrogen) atoms. The molecule has 1 fully saturated rings. The van der Waals surface area contributed by atoms with Gasteiger partial charge in [0.1, 0.15) is 15.0 Å². The van der Waals surface area contributed by atoms with Crippen molar-refractivity contribution in [3.05, 3.63) is 28.8 Å². The van der Waals surface area contributed by atoms with Crippen molar-refractivity contribution in [3.8, 4) is 0 Å². The lowest BCUT2D eigenvalue weighted by atomic mass is 9.82. The topological polar surface area (TPSA) is 56.2 Å². The molecule has 95 valence electrons. The Kier molecular flexibility index (Phi) is 3.17. The van der Waals surface area contributed by atoms with E-state index in [0.29, 0.717) is 17.7 Å². The van der Waals surface area contributed by atoms with Gasteiger partial charge in [0.25, 0.3) is 0 Å². The van der Waals surface area contributed by atoms with Crippen molar-refractivity contribution in [2.24, 2.45) is 5.92 Å². The van der Waals surface area contributed by atoms with Gasteiger partial charge in [-0.05, 0) is 54.2 Å². The van der Waals surface area contributed by atoms with E-state index in [1.165, 1.54) is 25.7 Å². The number of hydrogen-bond acceptors (Lipinski definition) is 3. The maximum absolute atomic E-state index is 5.94. The molecule has 2 N–H and O–H groups in total. The van der Waals surface area contributed by atoms with Gasteiger partial charge >= 0.3 is 0 Å². The highest BCUT2D eigenvalue weighted by molar-refractivity contribution is 14.1. The molecule has 2 heterocycles. The first kappa shape index (κ1) is 12.2. The molecule has 1 aliphatic carbocycles. The minimum atomic E-state index is 0.529. The third kappa shape index (κ3) is 1.98. The van der Waals surface area contributed by atoms with Crippen molar-refractivity contribution < 1.29 is 0 Å². The lowest BCUT2D eigenvalue weighted by Crippen LogP contribution is -2.13. The summed E-state index contributed by atoms with van der Waals surface area (Å²) < 4.78 is 3.06. The molecule has 5 heteroatoms. The first-order chi connectivity index (χ1) is 8.66. The SMILES string of the molecule is [CH2][C@H]1CC[C@H](c2nc(I)c3c(N)nccn32)CC1. The van der Waals surface area contributed by atoms with Crippen molar-refractivity contribution >= 4 is 33.9 Å². The number of hydrogen-bond donors (Lipinski definition) is 1. The summed E-state index contributed by atoms with van der Waals surface area (Å²) in [5.74, 6) is 2.83. The minimum absolute atomic E-state index is 0.529. The van der Waals surface area contributed by atoms with E-state index in [9.17, 15) is 0 Å². The molecule has 0 unspecified atom stereocenters. The quantitative estimate of drug-likeness (QED) is 0.800. The van der Waals surface area contributed by atoms with Crippen LogP contribution in [0.2, 0.25) is 0 Å². The van der Waals surface area contributed by atoms with Crippen LogP contribution in [0.5, 0.6) is 0 Å². The highest BCUT2D eigenvalue weighted by Crippen LogP contribution is 2.36. The van der Waals surface area contributed by atoms with E-state index in [2.05, 4.69) is 38.9 Å². The lowest BCUT2D eigenvalue weighted by molar-refractivity contribution is 0.363. The highest BCUT2D eigenvalue weighted by atomic mass is 127. The van der Waals surface area contributed by atoms with E-state index >= 15 is 0 Å². The van der Waals surface area contributed by atoms with Crippen LogP contribution in [-0.4, -0.2) is 14.4 Å². The van der Waals surface area contributed by atoms with Crippen LogP contribution in [0.4, 0.5) is 5.82 Å². The van der Waals surface area contributed by atoms with Gasteiger partial charge in [0.15, 0.2) is 5.82 Å². The molecule has 0 aliphatic heterocycles. The summed E-state index contributed by atoms with van der Waals surface area (Å²) in [7, 11) is 0. The Balaban J connectivity index is 2.05. The number of halogens is 1. The van der Waals surface area contributed by atoms with Crippen LogP contribution in [0.25, 0.3) is 5.52 Å². The Bertz CT molecular complexity index is 570. The van der Waals surface area contributed by atoms with E-state index in [4.69, 9.17) is 10.7 Å². The van der Waals surface area contributed by atoms with Gasteiger partial charge in [-0.1, -0.05) is 6.92 Å². The van der Waals surface area contributed by atoms with E-state index in [0.717, 1.165) is 15.0 Å². The molecule has 4 nitrogen and oxygen atoms in total. The smallest absolute Gasteiger partial charge is 0.150 e. The van der Waals surface area contributed by atoms with Gasteiger partial charge in [0, 0.05) is 18.3 Å². The summed E-state index contributed by atoms with van der Waals surface area (Å²) in [5.41, 5.74) is 6.88. The maximum Gasteiger partial charge on any atom is 0.150 e. The van der Waals surface area contributed by atoms with Crippen LogP contribution < -0.4 is 5.73 Å². The Morgan fingerprint density at radius 1 is 1.33 bits per heavy atom. The highest BCUT2D eigenvalue weighted by Gasteiger charge is 2.24. The number of rotatable bonds is 1. The molecule has 3 rings (SSSR count). The average Bonchev–Trinajstić information content (AvgIpc) is 2.69. The van der Waals surface area contributed by atoms with E-state index < -0.39 is 0 Å². The molecular formula is C13H16IN4. The maximum atomic E-state index is 5.94. The Morgan fingerprint density at radius 3 is 2.78 bits per heavy atom. The fourth-order valence-corrected chi connectivity index (χ4v) is 3.53. The van der Waals surface area contributed by atoms with Gasteiger partial charge in [-0.25, -0.2) is 9.97 Å². The molecule has 0 bridgehead atoms. The first-order valence-electron chi connectivity index (χ1n) is 6.28. The van der Waals surface area contributed by atoms with Gasteiger partial charge < -0.3 is 5.73 Å². The third-order valence-electron chi connectivity index (χ3n) is 3.78. The second kappa shape index (κ2) is 4.68. The summed E-state index contributed by atoms with van der Waals surface area (Å²) >= 11 is 2.24. The Labute approximate surface area is 120 Å². The Morgan fingerprint density at radius 2 is 2.06 bits per heavy atom. The zero-order chi connectivity index (χ0) is 12.7. The molecule has 0 saturated heterocycles. The second-order valence-corrected chi connectivity index (χ2v) is 6.03. The van der Waals surface area contributed by atoms with Crippen LogP contribution in [0.15, 0.2) is 12.4 Å². The van der Waals surface area contributed by atoms with Crippen molar-refractivity contribution in [1.82, 2.24) is 14.4 Å². The van der Waals surface area contributed by atoms with Gasteiger partial charge in [0.2, 0.25) is 0 Å². The van der Waals surface area contributed by atoms with Crippen molar-refractivity contribution in [1.29, 1.82) is 0 Å². The largest absolute Gasteiger partial charge is 0.382 e. The Hall–Kier alpha value is -0.850. The number of aromatic nitrogens is 3. The predicted octanol–water partition coefficient (Wildman–Crippen LogP) is 3.02. The number of anilines is 1. The number of nitrogens with two attached hydrogens (primary N) is 1. The fraction of sp³-hybridized carbons (Fsp3) is 0.462. The van der Waals surface area contributed by atoms with Crippen LogP contribution in [0.3, 0.4) is 0 Å². The van der Waals surface area contributed by atoms with E-state index in [-0.39, 0.29) is 0 Å². The molecule has 0 atom stereocenters. The fourth-order valence-electron chi connectivity index (χ4n) is 2.75. The van der Waals surface area contributed by atoms with Crippen LogP contribution in [0.1, 0.15) is 37.4 Å². The predicted molar refractivity (Wildman–Crippen MR) is 80.2 cm³/mol. The minimum Gasteiger partial charge on any atom is -0.382 e. The summed E-state index contributed by atoms with van der Waals surface area (Å²) in [6.07, 6.45) is 8.44. The number of fused-ring (bicyclic) bond motifs is 1. The molecule has 1 aliphatic rings. The third-order valence-corrected chi connectivity index (χ3v) is 4.53. The van der Waals surface area contributed by atoms with Gasteiger partial charge in [0.05, 0.1) is 0 Å². The van der Waals surface area contributed by atoms with Crippen LogP contribution in [-0.2, 0) is 0 Å². The van der Waals surface area contributed by atoms with E-state index in [1.54, 1.807) is 6.20 Å². The number of imidazole rings is 1. The number of nitrogens with zero attached hydrogens (tertiary/aromatic N) is 3. The molecule has 1 saturated carbocycles. The van der Waals surface area contributed by atoms with Crippen molar-refractivity contribution in [2.75, 3.05) is 5.73 Å². The van der Waals surface area contributed by atoms with Crippen molar-refractivity contribution in [2.45, 2.75) is 31.6 Å². The van der Waals surface area contributed by atoms with Gasteiger partial charge in [-0.3, -0.25) is 4.40 Å². The summed E-state index contributed by atoms with van der Waals surface area (Å²) in [5, 5.41) is 0. The van der Waals surface area contributed by atoms with Gasteiger partial charge in [-0.15, -0.1) is 0 Å². The van der Waals surface area contributed by atoms with Gasteiger partial charge in [-0.2, -0.15) is 0 Å². The number of nitrogen functional groups attached to an aromatic ring is 1. The standard InChI is InChI=1S/C13H16IN4/c1-8-2-4-9(5-3-8)13-17-11(14)10-12(15)16-6-7-18(10)13/h6-9H,1-5H2,(H2,15,16)/t8-,9-. The van der Waals surface area contributed by atoms with E-state index in [1.807, 2.05) is 6.20 Å². The van der Waals surface area contributed by atoms with Crippen LogP contribution >= 0.6 is 22.6 Å². The molecule has 0 aromatic carbocycles. The molecule has 2 aromatic rings. The second-order valence-electron chi connectivity index (χ2n) is 5.01. The van der Waals surface area contributed by atoms with Crippen LogP contribution in [0, 0.1) is 16.5 Å². The monoisotopic (exact) mass is 355 g/mol. The molecule has 0 spiro atoms. The molecule has 1 radical (unpaired) electrons. The normalized spacial score (nSPS) is 24.6. The summed E-state index contributed by atoms with van der Waals surface area (Å²) in [4.78, 5) is 8.85. The molecule has 2 aromatic heterocycles. The molecule has 0 amide bonds. The zero-order valence-electron chi connectivity index (χ0n) is 10.1. The first-order valence-corrected chi connectivity index (χ1v) is 7.35. The lowest BCUT2D eigenvalue weighted by Gasteiger charge is -2.25. The summed E-state index contributed by atoms with van der Waals surface area (Å²) in [6.45, 7) is 4.15. The zero-order valence-corrected chi connectivity index (χ0v) is 12.3.